The molecule has 0 aromatic heterocycles. The van der Waals surface area contributed by atoms with Crippen LogP contribution in [0.2, 0.25) is 0 Å². The first-order valence-electron chi connectivity index (χ1n) is 5.84. The molecule has 2 saturated heterocycles. The van der Waals surface area contributed by atoms with Crippen molar-refractivity contribution in [2.75, 3.05) is 26.3 Å². The van der Waals surface area contributed by atoms with E-state index in [0.717, 1.165) is 26.1 Å². The van der Waals surface area contributed by atoms with Crippen molar-refractivity contribution in [3.05, 3.63) is 0 Å². The monoisotopic (exact) mass is 226 g/mol. The number of rotatable bonds is 2. The first-order valence-corrected chi connectivity index (χ1v) is 5.84. The summed E-state index contributed by atoms with van der Waals surface area (Å²) in [6.45, 7) is 4.63. The number of urea groups is 1. The number of hydrogen-bond donors (Lipinski definition) is 1. The maximum absolute atomic E-state index is 11.6. The van der Waals surface area contributed by atoms with Gasteiger partial charge in [0.15, 0.2) is 0 Å². The van der Waals surface area contributed by atoms with Gasteiger partial charge in [-0.3, -0.25) is 10.1 Å². The Balaban J connectivity index is 1.88. The third-order valence-corrected chi connectivity index (χ3v) is 3.19. The maximum atomic E-state index is 11.6. The third-order valence-electron chi connectivity index (χ3n) is 3.19. The molecule has 0 bridgehead atoms. The van der Waals surface area contributed by atoms with Crippen LogP contribution >= 0.6 is 0 Å². The lowest BCUT2D eigenvalue weighted by atomic mass is 10.0. The van der Waals surface area contributed by atoms with Gasteiger partial charge in [-0.2, -0.15) is 0 Å². The zero-order valence-corrected chi connectivity index (χ0v) is 9.57. The Morgan fingerprint density at radius 3 is 3.00 bits per heavy atom. The van der Waals surface area contributed by atoms with Crippen molar-refractivity contribution in [1.82, 2.24) is 10.2 Å². The van der Waals surface area contributed by atoms with Crippen molar-refractivity contribution in [2.24, 2.45) is 11.8 Å². The van der Waals surface area contributed by atoms with E-state index in [1.807, 2.05) is 6.92 Å². The number of nitrogens with one attached hydrogen (secondary N) is 1. The van der Waals surface area contributed by atoms with Crippen LogP contribution < -0.4 is 5.32 Å². The SMILES string of the molecule is CC1CN(CC2CCCOC2)C(=O)NC1=O. The van der Waals surface area contributed by atoms with E-state index in [4.69, 9.17) is 4.74 Å². The first-order chi connectivity index (χ1) is 7.66. The van der Waals surface area contributed by atoms with Crippen LogP contribution in [0.25, 0.3) is 0 Å². The fourth-order valence-electron chi connectivity index (χ4n) is 2.22. The molecule has 90 valence electrons. The molecule has 16 heavy (non-hydrogen) atoms. The van der Waals surface area contributed by atoms with Gasteiger partial charge in [0.2, 0.25) is 5.91 Å². The predicted octanol–water partition coefficient (Wildman–Crippen LogP) is 0.601. The zero-order valence-electron chi connectivity index (χ0n) is 9.57. The molecule has 2 aliphatic rings. The average Bonchev–Trinajstić information content (AvgIpc) is 2.27. The topological polar surface area (TPSA) is 58.6 Å². The second-order valence-corrected chi connectivity index (χ2v) is 4.68. The van der Waals surface area contributed by atoms with Crippen molar-refractivity contribution >= 4 is 11.9 Å². The molecule has 2 rings (SSSR count). The summed E-state index contributed by atoms with van der Waals surface area (Å²) in [6.07, 6.45) is 2.17. The standard InChI is InChI=1S/C11H18N2O3/c1-8-5-13(11(15)12-10(8)14)6-9-3-2-4-16-7-9/h8-9H,2-7H2,1H3,(H,12,14,15). The lowest BCUT2D eigenvalue weighted by Crippen LogP contribution is -2.55. The molecule has 5 heteroatoms. The Morgan fingerprint density at radius 1 is 1.50 bits per heavy atom. The van der Waals surface area contributed by atoms with Crippen LogP contribution in [0.4, 0.5) is 4.79 Å². The molecule has 0 aliphatic carbocycles. The fourth-order valence-corrected chi connectivity index (χ4v) is 2.22. The van der Waals surface area contributed by atoms with E-state index in [-0.39, 0.29) is 17.9 Å². The van der Waals surface area contributed by atoms with Crippen molar-refractivity contribution in [1.29, 1.82) is 0 Å². The van der Waals surface area contributed by atoms with Gasteiger partial charge in [-0.1, -0.05) is 6.92 Å². The smallest absolute Gasteiger partial charge is 0.324 e. The van der Waals surface area contributed by atoms with Crippen molar-refractivity contribution < 1.29 is 14.3 Å². The summed E-state index contributed by atoms with van der Waals surface area (Å²) in [4.78, 5) is 24.6. The quantitative estimate of drug-likeness (QED) is 0.750. The van der Waals surface area contributed by atoms with E-state index in [0.29, 0.717) is 19.0 Å². The number of nitrogens with zero attached hydrogens (tertiary/aromatic N) is 1. The van der Waals surface area contributed by atoms with E-state index in [2.05, 4.69) is 5.32 Å². The highest BCUT2D eigenvalue weighted by Gasteiger charge is 2.30. The Labute approximate surface area is 95.1 Å². The van der Waals surface area contributed by atoms with Gasteiger partial charge < -0.3 is 9.64 Å². The summed E-state index contributed by atoms with van der Waals surface area (Å²) in [5.74, 6) is 0.142. The highest BCUT2D eigenvalue weighted by molar-refractivity contribution is 5.97. The van der Waals surface area contributed by atoms with Gasteiger partial charge in [0.05, 0.1) is 12.5 Å². The molecular weight excluding hydrogens is 208 g/mol. The molecule has 0 aromatic carbocycles. The highest BCUT2D eigenvalue weighted by Crippen LogP contribution is 2.17. The average molecular weight is 226 g/mol. The maximum Gasteiger partial charge on any atom is 0.324 e. The van der Waals surface area contributed by atoms with Gasteiger partial charge in [-0.15, -0.1) is 0 Å². The molecular formula is C11H18N2O3. The number of amides is 3. The van der Waals surface area contributed by atoms with Crippen molar-refractivity contribution in [2.45, 2.75) is 19.8 Å². The molecule has 2 atom stereocenters. The summed E-state index contributed by atoms with van der Waals surface area (Å²) in [6, 6.07) is -0.256. The molecule has 2 unspecified atom stereocenters. The molecule has 5 nitrogen and oxygen atoms in total. The highest BCUT2D eigenvalue weighted by atomic mass is 16.5. The summed E-state index contributed by atoms with van der Waals surface area (Å²) in [7, 11) is 0. The second-order valence-electron chi connectivity index (χ2n) is 4.68. The first kappa shape index (κ1) is 11.4. The van der Waals surface area contributed by atoms with Crippen molar-refractivity contribution in [3.63, 3.8) is 0 Å². The number of hydrogen-bond acceptors (Lipinski definition) is 3. The largest absolute Gasteiger partial charge is 0.381 e. The summed E-state index contributed by atoms with van der Waals surface area (Å²) >= 11 is 0. The Bertz CT molecular complexity index is 287. The van der Waals surface area contributed by atoms with E-state index >= 15 is 0 Å². The van der Waals surface area contributed by atoms with Crippen LogP contribution in [-0.4, -0.2) is 43.1 Å². The minimum atomic E-state index is -0.256. The molecule has 2 heterocycles. The van der Waals surface area contributed by atoms with E-state index in [1.54, 1.807) is 4.90 Å². The second kappa shape index (κ2) is 4.82. The van der Waals surface area contributed by atoms with E-state index in [1.165, 1.54) is 0 Å². The van der Waals surface area contributed by atoms with Crippen LogP contribution in [-0.2, 0) is 9.53 Å². The number of carbonyl (C=O) groups is 2. The Hall–Kier alpha value is -1.10. The molecule has 1 N–H and O–H groups in total. The Kier molecular flexibility index (Phi) is 3.43. The predicted molar refractivity (Wildman–Crippen MR) is 57.8 cm³/mol. The van der Waals surface area contributed by atoms with Crippen LogP contribution in [0.1, 0.15) is 19.8 Å². The van der Waals surface area contributed by atoms with Crippen molar-refractivity contribution in [3.8, 4) is 0 Å². The molecule has 0 radical (unpaired) electrons. The molecule has 2 aliphatic heterocycles. The van der Waals surface area contributed by atoms with E-state index in [9.17, 15) is 9.59 Å². The third kappa shape index (κ3) is 2.52. The van der Waals surface area contributed by atoms with E-state index < -0.39 is 0 Å². The minimum Gasteiger partial charge on any atom is -0.381 e. The summed E-state index contributed by atoms with van der Waals surface area (Å²) in [5.41, 5.74) is 0. The van der Waals surface area contributed by atoms with Gasteiger partial charge in [0, 0.05) is 25.6 Å². The number of ether oxygens (including phenoxy) is 1. The van der Waals surface area contributed by atoms with Gasteiger partial charge in [-0.05, 0) is 12.8 Å². The lowest BCUT2D eigenvalue weighted by molar-refractivity contribution is -0.125. The molecule has 0 aromatic rings. The Morgan fingerprint density at radius 2 is 2.31 bits per heavy atom. The lowest BCUT2D eigenvalue weighted by Gasteiger charge is -2.34. The summed E-state index contributed by atoms with van der Waals surface area (Å²) < 4.78 is 5.38. The normalized spacial score (nSPS) is 31.4. The number of imide groups is 1. The van der Waals surface area contributed by atoms with Crippen LogP contribution in [0, 0.1) is 11.8 Å². The molecule has 0 spiro atoms. The van der Waals surface area contributed by atoms with Gasteiger partial charge >= 0.3 is 6.03 Å². The zero-order chi connectivity index (χ0) is 11.5. The molecule has 0 saturated carbocycles. The van der Waals surface area contributed by atoms with Gasteiger partial charge in [-0.25, -0.2) is 4.79 Å². The van der Waals surface area contributed by atoms with Crippen LogP contribution in [0.15, 0.2) is 0 Å². The van der Waals surface area contributed by atoms with Gasteiger partial charge in [0.1, 0.15) is 0 Å². The molecule has 3 amide bonds. The number of carbonyl (C=O) groups excluding carboxylic acids is 2. The summed E-state index contributed by atoms with van der Waals surface area (Å²) in [5, 5.41) is 2.38. The van der Waals surface area contributed by atoms with Crippen LogP contribution in [0.3, 0.4) is 0 Å². The minimum absolute atomic E-state index is 0.109. The van der Waals surface area contributed by atoms with Crippen LogP contribution in [0.5, 0.6) is 0 Å². The van der Waals surface area contributed by atoms with Gasteiger partial charge in [0.25, 0.3) is 0 Å². The fraction of sp³-hybridized carbons (Fsp3) is 0.818. The molecule has 2 fully saturated rings.